The summed E-state index contributed by atoms with van der Waals surface area (Å²) in [5.74, 6) is -0.613. The molecule has 0 aliphatic rings. The van der Waals surface area contributed by atoms with Crippen LogP contribution in [0.15, 0.2) is 60.7 Å². The van der Waals surface area contributed by atoms with E-state index in [2.05, 4.69) is 5.10 Å². The van der Waals surface area contributed by atoms with Gasteiger partial charge in [-0.2, -0.15) is 5.10 Å². The van der Waals surface area contributed by atoms with E-state index in [1.165, 1.54) is 12.1 Å². The average Bonchev–Trinajstić information content (AvgIpc) is 3.39. The summed E-state index contributed by atoms with van der Waals surface area (Å²) in [5, 5.41) is 25.2. The largest absolute Gasteiger partial charge is 0.504 e. The molecule has 0 fully saturated rings. The van der Waals surface area contributed by atoms with Gasteiger partial charge in [0.05, 0.1) is 42.5 Å². The van der Waals surface area contributed by atoms with Gasteiger partial charge in [-0.1, -0.05) is 31.2 Å². The molecule has 0 spiro atoms. The molecular formula is C33H33FN2O6. The summed E-state index contributed by atoms with van der Waals surface area (Å²) in [5.41, 5.74) is 2.84. The Bertz CT molecular complexity index is 1610. The first-order valence-corrected chi connectivity index (χ1v) is 13.7. The molecule has 0 bridgehead atoms. The zero-order valence-electron chi connectivity index (χ0n) is 23.7. The highest BCUT2D eigenvalue weighted by Crippen LogP contribution is 2.29. The van der Waals surface area contributed by atoms with E-state index in [1.807, 2.05) is 19.9 Å². The van der Waals surface area contributed by atoms with Crippen LogP contribution >= 0.6 is 0 Å². The molecule has 4 aromatic rings. The lowest BCUT2D eigenvalue weighted by molar-refractivity contribution is 0.0521. The van der Waals surface area contributed by atoms with E-state index in [-0.39, 0.29) is 23.7 Å². The maximum absolute atomic E-state index is 14.9. The molecule has 0 atom stereocenters. The topological polar surface area (TPSA) is 103 Å². The molecule has 0 saturated carbocycles. The summed E-state index contributed by atoms with van der Waals surface area (Å²) in [6, 6.07) is 16.2. The van der Waals surface area contributed by atoms with Gasteiger partial charge in [-0.25, -0.2) is 13.9 Å². The fourth-order valence-electron chi connectivity index (χ4n) is 4.08. The third kappa shape index (κ3) is 7.37. The van der Waals surface area contributed by atoms with E-state index in [4.69, 9.17) is 14.2 Å². The Hall–Kier alpha value is -5.05. The second-order valence-corrected chi connectivity index (χ2v) is 9.19. The Morgan fingerprint density at radius 2 is 1.50 bits per heavy atom. The molecule has 0 aliphatic heterocycles. The fourth-order valence-corrected chi connectivity index (χ4v) is 4.08. The minimum atomic E-state index is -0.740. The van der Waals surface area contributed by atoms with E-state index in [0.29, 0.717) is 47.4 Å². The van der Waals surface area contributed by atoms with Crippen molar-refractivity contribution in [2.75, 3.05) is 19.8 Å². The highest BCUT2D eigenvalue weighted by Gasteiger charge is 2.15. The third-order valence-electron chi connectivity index (χ3n) is 6.07. The lowest BCUT2D eigenvalue weighted by Crippen LogP contribution is -2.08. The highest BCUT2D eigenvalue weighted by molar-refractivity contribution is 5.90. The first kappa shape index (κ1) is 29.9. The van der Waals surface area contributed by atoms with Gasteiger partial charge in [0, 0.05) is 6.07 Å². The van der Waals surface area contributed by atoms with Crippen LogP contribution in [0, 0.1) is 5.82 Å². The Morgan fingerprint density at radius 1 is 0.833 bits per heavy atom. The van der Waals surface area contributed by atoms with Gasteiger partial charge in [0.25, 0.3) is 0 Å². The number of aromatic hydroxyl groups is 2. The molecule has 0 amide bonds. The molecule has 1 heterocycles. The molecule has 0 aliphatic carbocycles. The van der Waals surface area contributed by atoms with Gasteiger partial charge < -0.3 is 24.4 Å². The molecule has 3 aromatic carbocycles. The van der Waals surface area contributed by atoms with Gasteiger partial charge in [0.1, 0.15) is 5.82 Å². The van der Waals surface area contributed by atoms with Crippen molar-refractivity contribution in [1.82, 2.24) is 9.78 Å². The van der Waals surface area contributed by atoms with Crippen LogP contribution in [0.2, 0.25) is 0 Å². The van der Waals surface area contributed by atoms with Crippen molar-refractivity contribution in [1.29, 1.82) is 0 Å². The van der Waals surface area contributed by atoms with E-state index in [9.17, 15) is 19.4 Å². The number of esters is 1. The van der Waals surface area contributed by atoms with Crippen LogP contribution in [0.5, 0.6) is 23.0 Å². The van der Waals surface area contributed by atoms with Crippen molar-refractivity contribution in [3.63, 3.8) is 0 Å². The van der Waals surface area contributed by atoms with Gasteiger partial charge in [0.15, 0.2) is 23.0 Å². The van der Waals surface area contributed by atoms with Crippen molar-refractivity contribution < 1.29 is 33.6 Å². The summed E-state index contributed by atoms with van der Waals surface area (Å²) >= 11 is 0. The number of nitrogens with zero attached hydrogens (tertiary/aromatic N) is 2. The number of hydrogen-bond donors (Lipinski definition) is 2. The molecule has 0 radical (unpaired) electrons. The fraction of sp³-hybridized carbons (Fsp3) is 0.212. The molecular weight excluding hydrogens is 539 g/mol. The van der Waals surface area contributed by atoms with Crippen LogP contribution in [0.3, 0.4) is 0 Å². The number of halogens is 1. The molecule has 4 rings (SSSR count). The maximum atomic E-state index is 14.9. The summed E-state index contributed by atoms with van der Waals surface area (Å²) in [7, 11) is 0. The monoisotopic (exact) mass is 572 g/mol. The van der Waals surface area contributed by atoms with Gasteiger partial charge in [-0.15, -0.1) is 0 Å². The normalized spacial score (nSPS) is 11.3. The number of carbonyl (C=O) groups excluding carboxylic acids is 1. The van der Waals surface area contributed by atoms with Crippen molar-refractivity contribution in [3.05, 3.63) is 94.6 Å². The summed E-state index contributed by atoms with van der Waals surface area (Å²) in [4.78, 5) is 12.1. The van der Waals surface area contributed by atoms with E-state index in [0.717, 1.165) is 12.0 Å². The summed E-state index contributed by atoms with van der Waals surface area (Å²) in [6.07, 6.45) is 7.95. The van der Waals surface area contributed by atoms with Crippen molar-refractivity contribution in [3.8, 4) is 28.7 Å². The molecule has 8 nitrogen and oxygen atoms in total. The predicted octanol–water partition coefficient (Wildman–Crippen LogP) is 7.13. The molecule has 9 heteroatoms. The standard InChI is InChI=1S/C33H33FN2O6/c1-4-17-42-32-16-10-22(18-30(32)38)7-11-24-20-25(12-8-23-9-15-31(40-5-2)29(37)19-23)36(35-24)26-13-14-27(28(34)21-26)33(39)41-6-3/h7-16,18-21,37-38H,4-6,17H2,1-3H3/b11-7+,12-8+. The van der Waals surface area contributed by atoms with Gasteiger partial charge in [-0.3, -0.25) is 0 Å². The smallest absolute Gasteiger partial charge is 0.341 e. The third-order valence-corrected chi connectivity index (χ3v) is 6.07. The van der Waals surface area contributed by atoms with Gasteiger partial charge in [0.2, 0.25) is 0 Å². The maximum Gasteiger partial charge on any atom is 0.341 e. The average molecular weight is 573 g/mol. The van der Waals surface area contributed by atoms with Crippen LogP contribution in [0.1, 0.15) is 60.1 Å². The zero-order chi connectivity index (χ0) is 30.1. The second kappa shape index (κ2) is 14.0. The van der Waals surface area contributed by atoms with Crippen LogP contribution in [-0.2, 0) is 4.74 Å². The molecule has 42 heavy (non-hydrogen) atoms. The van der Waals surface area contributed by atoms with Gasteiger partial charge in [-0.05, 0) is 86.0 Å². The van der Waals surface area contributed by atoms with E-state index in [1.54, 1.807) is 78.4 Å². The molecule has 0 saturated heterocycles. The van der Waals surface area contributed by atoms with Gasteiger partial charge >= 0.3 is 5.97 Å². The molecule has 1 aromatic heterocycles. The van der Waals surface area contributed by atoms with Crippen LogP contribution in [0.25, 0.3) is 30.0 Å². The number of rotatable bonds is 12. The number of ether oxygens (including phenoxy) is 3. The number of benzene rings is 3. The number of hydrogen-bond acceptors (Lipinski definition) is 7. The Morgan fingerprint density at radius 3 is 2.10 bits per heavy atom. The molecule has 2 N–H and O–H groups in total. The highest BCUT2D eigenvalue weighted by atomic mass is 19.1. The SMILES string of the molecule is CCCOc1ccc(/C=C/c2cc(/C=C/c3ccc(OCC)c(O)c3)n(-c3ccc(C(=O)OCC)c(F)c3)n2)cc1O. The Balaban J connectivity index is 1.68. The van der Waals surface area contributed by atoms with Crippen molar-refractivity contribution >= 4 is 30.3 Å². The minimum absolute atomic E-state index is 0.0159. The number of phenolic OH excluding ortho intramolecular Hbond substituents is 2. The summed E-state index contributed by atoms with van der Waals surface area (Å²) < 4.78 is 32.3. The van der Waals surface area contributed by atoms with Crippen LogP contribution in [-0.4, -0.2) is 45.8 Å². The predicted molar refractivity (Wildman–Crippen MR) is 161 cm³/mol. The van der Waals surface area contributed by atoms with Crippen molar-refractivity contribution in [2.24, 2.45) is 0 Å². The lowest BCUT2D eigenvalue weighted by Gasteiger charge is -2.08. The minimum Gasteiger partial charge on any atom is -0.504 e. The number of phenols is 2. The quantitative estimate of drug-likeness (QED) is 0.174. The zero-order valence-corrected chi connectivity index (χ0v) is 23.7. The van der Waals surface area contributed by atoms with Crippen molar-refractivity contribution in [2.45, 2.75) is 27.2 Å². The van der Waals surface area contributed by atoms with E-state index >= 15 is 0 Å². The summed E-state index contributed by atoms with van der Waals surface area (Å²) in [6.45, 7) is 6.55. The van der Waals surface area contributed by atoms with Crippen LogP contribution < -0.4 is 9.47 Å². The first-order valence-electron chi connectivity index (χ1n) is 13.7. The first-order chi connectivity index (χ1) is 20.3. The van der Waals surface area contributed by atoms with E-state index < -0.39 is 11.8 Å². The Labute approximate surface area is 243 Å². The number of carbonyl (C=O) groups is 1. The lowest BCUT2D eigenvalue weighted by atomic mass is 10.1. The second-order valence-electron chi connectivity index (χ2n) is 9.19. The Kier molecular flexibility index (Phi) is 9.99. The van der Waals surface area contributed by atoms with Crippen LogP contribution in [0.4, 0.5) is 4.39 Å². The molecule has 0 unspecified atom stereocenters. The number of aromatic nitrogens is 2. The molecule has 218 valence electrons.